The van der Waals surface area contributed by atoms with Crippen LogP contribution in [0.15, 0.2) is 47.3 Å². The summed E-state index contributed by atoms with van der Waals surface area (Å²) in [4.78, 5) is 39.5. The Kier molecular flexibility index (Phi) is 7.83. The first-order valence-electron chi connectivity index (χ1n) is 9.87. The zero-order chi connectivity index (χ0) is 24.7. The number of H-pyrrole nitrogens is 1. The van der Waals surface area contributed by atoms with Crippen molar-refractivity contribution in [3.63, 3.8) is 0 Å². The predicted molar refractivity (Wildman–Crippen MR) is 125 cm³/mol. The van der Waals surface area contributed by atoms with Crippen LogP contribution in [0.1, 0.15) is 18.3 Å². The molecule has 0 saturated heterocycles. The molecule has 0 atom stereocenters. The lowest BCUT2D eigenvalue weighted by Gasteiger charge is -2.13. The van der Waals surface area contributed by atoms with Crippen molar-refractivity contribution in [1.82, 2.24) is 9.97 Å². The number of hydrogen-bond acceptors (Lipinski definition) is 8. The van der Waals surface area contributed by atoms with Gasteiger partial charge >= 0.3 is 11.2 Å². The van der Waals surface area contributed by atoms with Gasteiger partial charge in [-0.2, -0.15) is 4.98 Å². The smallest absolute Gasteiger partial charge is 0.395 e. The van der Waals surface area contributed by atoms with Crippen LogP contribution in [0.5, 0.6) is 17.4 Å². The number of halogens is 1. The SMILES string of the molecule is CCOc1cc(/C=C\c2nc(O)c([N+](=O)[O-])c(=O)[nH]2)ccc1OCC(=O)Nc1cccc(Cl)c1. The van der Waals surface area contributed by atoms with Crippen LogP contribution in [0.25, 0.3) is 12.2 Å². The molecule has 0 spiro atoms. The van der Waals surface area contributed by atoms with Gasteiger partial charge in [-0.05, 0) is 48.9 Å². The number of amides is 1. The first kappa shape index (κ1) is 24.3. The predicted octanol–water partition coefficient (Wildman–Crippen LogP) is 3.62. The van der Waals surface area contributed by atoms with Gasteiger partial charge in [0.05, 0.1) is 11.5 Å². The van der Waals surface area contributed by atoms with E-state index in [-0.39, 0.29) is 18.3 Å². The molecule has 0 aliphatic heterocycles. The summed E-state index contributed by atoms with van der Waals surface area (Å²) in [5.41, 5.74) is -0.959. The topological polar surface area (TPSA) is 157 Å². The summed E-state index contributed by atoms with van der Waals surface area (Å²) < 4.78 is 11.2. The largest absolute Gasteiger partial charge is 0.490 e. The van der Waals surface area contributed by atoms with Crippen molar-refractivity contribution in [3.05, 3.63) is 79.3 Å². The van der Waals surface area contributed by atoms with Gasteiger partial charge in [0.25, 0.3) is 11.8 Å². The summed E-state index contributed by atoms with van der Waals surface area (Å²) in [6.45, 7) is 1.85. The fourth-order valence-electron chi connectivity index (χ4n) is 2.81. The molecule has 12 heteroatoms. The quantitative estimate of drug-likeness (QED) is 0.305. The van der Waals surface area contributed by atoms with E-state index < -0.39 is 22.0 Å². The second kappa shape index (κ2) is 11.0. The Morgan fingerprint density at radius 3 is 2.71 bits per heavy atom. The lowest BCUT2D eigenvalue weighted by molar-refractivity contribution is -0.387. The van der Waals surface area contributed by atoms with Crippen LogP contribution in [0.4, 0.5) is 11.4 Å². The fourth-order valence-corrected chi connectivity index (χ4v) is 3.00. The van der Waals surface area contributed by atoms with E-state index in [1.807, 2.05) is 0 Å². The number of nitrogens with one attached hydrogen (secondary N) is 2. The van der Waals surface area contributed by atoms with Gasteiger partial charge in [-0.15, -0.1) is 0 Å². The summed E-state index contributed by atoms with van der Waals surface area (Å²) in [5, 5.41) is 23.6. The van der Waals surface area contributed by atoms with Crippen molar-refractivity contribution in [2.45, 2.75) is 6.92 Å². The minimum Gasteiger partial charge on any atom is -0.490 e. The number of nitro groups is 1. The van der Waals surface area contributed by atoms with Crippen LogP contribution >= 0.6 is 11.6 Å². The van der Waals surface area contributed by atoms with Gasteiger partial charge in [-0.25, -0.2) is 0 Å². The summed E-state index contributed by atoms with van der Waals surface area (Å²) in [7, 11) is 0. The number of aromatic amines is 1. The van der Waals surface area contributed by atoms with Crippen molar-refractivity contribution < 1.29 is 24.3 Å². The molecule has 0 unspecified atom stereocenters. The van der Waals surface area contributed by atoms with E-state index in [1.165, 1.54) is 6.08 Å². The van der Waals surface area contributed by atoms with E-state index in [1.54, 1.807) is 55.5 Å². The van der Waals surface area contributed by atoms with Crippen molar-refractivity contribution in [2.24, 2.45) is 0 Å². The van der Waals surface area contributed by atoms with Crippen LogP contribution < -0.4 is 20.3 Å². The molecule has 3 rings (SSSR count). The molecule has 0 fully saturated rings. The minimum absolute atomic E-state index is 0.0796. The first-order valence-corrected chi connectivity index (χ1v) is 10.3. The number of carbonyl (C=O) groups is 1. The van der Waals surface area contributed by atoms with Crippen molar-refractivity contribution in [2.75, 3.05) is 18.5 Å². The Morgan fingerprint density at radius 1 is 1.24 bits per heavy atom. The average molecular weight is 487 g/mol. The molecule has 11 nitrogen and oxygen atoms in total. The molecule has 0 aliphatic carbocycles. The lowest BCUT2D eigenvalue weighted by Crippen LogP contribution is -2.20. The number of aromatic hydroxyl groups is 1. The highest BCUT2D eigenvalue weighted by Crippen LogP contribution is 2.29. The molecule has 34 heavy (non-hydrogen) atoms. The van der Waals surface area contributed by atoms with Crippen LogP contribution in [0.2, 0.25) is 5.02 Å². The highest BCUT2D eigenvalue weighted by Gasteiger charge is 2.21. The minimum atomic E-state index is -1.08. The van der Waals surface area contributed by atoms with E-state index in [0.29, 0.717) is 34.4 Å². The maximum absolute atomic E-state index is 12.2. The zero-order valence-corrected chi connectivity index (χ0v) is 18.5. The Bertz CT molecular complexity index is 1310. The molecule has 176 valence electrons. The number of rotatable bonds is 9. The monoisotopic (exact) mass is 486 g/mol. The van der Waals surface area contributed by atoms with Gasteiger partial charge in [-0.1, -0.05) is 29.8 Å². The normalized spacial score (nSPS) is 10.8. The summed E-state index contributed by atoms with van der Waals surface area (Å²) >= 11 is 5.91. The maximum atomic E-state index is 12.2. The lowest BCUT2D eigenvalue weighted by atomic mass is 10.2. The third-order valence-electron chi connectivity index (χ3n) is 4.25. The average Bonchev–Trinajstić information content (AvgIpc) is 2.76. The molecular weight excluding hydrogens is 468 g/mol. The third-order valence-corrected chi connectivity index (χ3v) is 4.48. The van der Waals surface area contributed by atoms with Crippen LogP contribution in [-0.4, -0.2) is 39.1 Å². The van der Waals surface area contributed by atoms with E-state index in [4.69, 9.17) is 21.1 Å². The highest BCUT2D eigenvalue weighted by molar-refractivity contribution is 6.30. The van der Waals surface area contributed by atoms with Crippen molar-refractivity contribution in [1.29, 1.82) is 0 Å². The van der Waals surface area contributed by atoms with Gasteiger partial charge in [0.1, 0.15) is 5.82 Å². The van der Waals surface area contributed by atoms with Gasteiger partial charge in [0.2, 0.25) is 0 Å². The molecule has 3 aromatic rings. The van der Waals surface area contributed by atoms with E-state index in [2.05, 4.69) is 15.3 Å². The number of carbonyl (C=O) groups excluding carboxylic acids is 1. The Balaban J connectivity index is 1.72. The van der Waals surface area contributed by atoms with Gasteiger partial charge in [0.15, 0.2) is 18.1 Å². The van der Waals surface area contributed by atoms with E-state index in [9.17, 15) is 24.8 Å². The summed E-state index contributed by atoms with van der Waals surface area (Å²) in [6.07, 6.45) is 2.90. The Labute approximate surface area is 197 Å². The fraction of sp³-hybridized carbons (Fsp3) is 0.136. The Hall–Kier alpha value is -4.38. The number of aromatic nitrogens is 2. The van der Waals surface area contributed by atoms with Crippen LogP contribution in [0.3, 0.4) is 0 Å². The number of nitrogens with zero attached hydrogens (tertiary/aromatic N) is 2. The number of hydrogen-bond donors (Lipinski definition) is 3. The Morgan fingerprint density at radius 2 is 2.03 bits per heavy atom. The third kappa shape index (κ3) is 6.33. The van der Waals surface area contributed by atoms with E-state index in [0.717, 1.165) is 0 Å². The second-order valence-corrected chi connectivity index (χ2v) is 7.14. The molecule has 0 bridgehead atoms. The molecule has 0 radical (unpaired) electrons. The summed E-state index contributed by atoms with van der Waals surface area (Å²) in [5.74, 6) is -0.748. The zero-order valence-electron chi connectivity index (χ0n) is 17.8. The number of anilines is 1. The molecule has 0 saturated carbocycles. The molecule has 3 N–H and O–H groups in total. The maximum Gasteiger partial charge on any atom is 0.395 e. The van der Waals surface area contributed by atoms with Crippen molar-refractivity contribution in [3.8, 4) is 17.4 Å². The van der Waals surface area contributed by atoms with Gasteiger partial charge < -0.3 is 24.9 Å². The molecule has 0 aliphatic rings. The van der Waals surface area contributed by atoms with Crippen LogP contribution in [0, 0.1) is 10.1 Å². The molecule has 1 aromatic heterocycles. The molecular formula is C22H19ClN4O7. The number of benzene rings is 2. The summed E-state index contributed by atoms with van der Waals surface area (Å²) in [6, 6.07) is 11.6. The molecule has 1 heterocycles. The standard InChI is InChI=1S/C22H19ClN4O7/c1-2-33-17-10-13(7-9-18-25-21(29)20(27(31)32)22(30)26-18)6-8-16(17)34-12-19(28)24-15-5-3-4-14(23)11-15/h3-11H,2,12H2,1H3,(H,24,28)(H2,25,26,29,30)/b9-7-. The molecule has 1 amide bonds. The van der Waals surface area contributed by atoms with Crippen LogP contribution in [-0.2, 0) is 4.79 Å². The number of ether oxygens (including phenoxy) is 2. The first-order chi connectivity index (χ1) is 16.3. The highest BCUT2D eigenvalue weighted by atomic mass is 35.5. The van der Waals surface area contributed by atoms with Gasteiger partial charge in [-0.3, -0.25) is 19.7 Å². The second-order valence-electron chi connectivity index (χ2n) is 6.70. The molecule has 2 aromatic carbocycles. The van der Waals surface area contributed by atoms with Crippen molar-refractivity contribution >= 4 is 41.0 Å². The van der Waals surface area contributed by atoms with E-state index >= 15 is 0 Å². The van der Waals surface area contributed by atoms with Gasteiger partial charge in [0, 0.05) is 10.7 Å².